The third-order valence-corrected chi connectivity index (χ3v) is 6.55. The summed E-state index contributed by atoms with van der Waals surface area (Å²) in [6.45, 7) is 11.0. The van der Waals surface area contributed by atoms with E-state index < -0.39 is 0 Å². The molecule has 1 aromatic carbocycles. The summed E-state index contributed by atoms with van der Waals surface area (Å²) in [7, 11) is 0. The average Bonchev–Trinajstić information content (AvgIpc) is 3.28. The minimum absolute atomic E-state index is 0.00589. The molecular formula is C25H34N6O. The molecule has 4 rings (SSSR count). The second-order valence-corrected chi connectivity index (χ2v) is 8.72. The lowest BCUT2D eigenvalue weighted by Crippen LogP contribution is -2.37. The summed E-state index contributed by atoms with van der Waals surface area (Å²) in [5, 5.41) is 15.0. The Kier molecular flexibility index (Phi) is 6.74. The molecule has 170 valence electrons. The molecule has 1 aliphatic heterocycles. The van der Waals surface area contributed by atoms with Crippen molar-refractivity contribution in [1.82, 2.24) is 25.4 Å². The third-order valence-electron chi connectivity index (χ3n) is 6.55. The predicted octanol–water partition coefficient (Wildman–Crippen LogP) is 4.35. The number of amides is 1. The lowest BCUT2D eigenvalue weighted by Gasteiger charge is -2.33. The molecule has 2 aromatic heterocycles. The zero-order valence-electron chi connectivity index (χ0n) is 19.5. The minimum Gasteiger partial charge on any atom is -0.381 e. The number of hydrogen-bond donors (Lipinski definition) is 3. The van der Waals surface area contributed by atoms with Crippen LogP contribution in [0.5, 0.6) is 0 Å². The van der Waals surface area contributed by atoms with Gasteiger partial charge in [-0.2, -0.15) is 5.10 Å². The Labute approximate surface area is 190 Å². The fourth-order valence-electron chi connectivity index (χ4n) is 4.86. The highest BCUT2D eigenvalue weighted by molar-refractivity contribution is 6.06. The number of nitrogens with zero attached hydrogens (tertiary/aromatic N) is 3. The van der Waals surface area contributed by atoms with E-state index in [9.17, 15) is 4.79 Å². The van der Waals surface area contributed by atoms with Gasteiger partial charge in [0.1, 0.15) is 0 Å². The lowest BCUT2D eigenvalue weighted by atomic mass is 9.95. The number of benzene rings is 1. The molecule has 0 saturated carbocycles. The average molecular weight is 435 g/mol. The Morgan fingerprint density at radius 1 is 1.22 bits per heavy atom. The van der Waals surface area contributed by atoms with Crippen molar-refractivity contribution in [1.29, 1.82) is 0 Å². The summed E-state index contributed by atoms with van der Waals surface area (Å²) in [6.07, 6.45) is 6.35. The number of aromatic nitrogens is 3. The number of nitrogens with one attached hydrogen (secondary N) is 3. The van der Waals surface area contributed by atoms with Gasteiger partial charge in [-0.3, -0.25) is 9.89 Å². The Balaban J connectivity index is 1.72. The maximum absolute atomic E-state index is 14.0. The van der Waals surface area contributed by atoms with Gasteiger partial charge < -0.3 is 15.5 Å². The number of fused-ring (bicyclic) bond motifs is 1. The number of aromatic amines is 1. The second-order valence-electron chi connectivity index (χ2n) is 8.72. The number of pyridine rings is 1. The van der Waals surface area contributed by atoms with E-state index in [4.69, 9.17) is 0 Å². The molecule has 1 atom stereocenters. The zero-order valence-corrected chi connectivity index (χ0v) is 19.5. The van der Waals surface area contributed by atoms with Crippen LogP contribution in [-0.4, -0.2) is 51.7 Å². The number of piperidine rings is 1. The summed E-state index contributed by atoms with van der Waals surface area (Å²) in [4.78, 5) is 20.4. The quantitative estimate of drug-likeness (QED) is 0.515. The number of carbonyl (C=O) groups is 1. The highest BCUT2D eigenvalue weighted by Gasteiger charge is 2.28. The highest BCUT2D eigenvalue weighted by Crippen LogP contribution is 2.33. The first kappa shape index (κ1) is 22.3. The maximum Gasteiger partial charge on any atom is 0.258 e. The largest absolute Gasteiger partial charge is 0.381 e. The number of hydrogen-bond acceptors (Lipinski definition) is 5. The van der Waals surface area contributed by atoms with Crippen LogP contribution in [0.25, 0.3) is 11.0 Å². The van der Waals surface area contributed by atoms with Gasteiger partial charge in [-0.05, 0) is 64.3 Å². The topological polar surface area (TPSA) is 85.9 Å². The molecule has 0 spiro atoms. The van der Waals surface area contributed by atoms with Gasteiger partial charge in [0.05, 0.1) is 28.9 Å². The SMILES string of the molecule is CCC(c1ccc(C)cc1C)N(CC)C(=O)c1cnc2[nH]ncc2c1NC1CCNCC1. The fraction of sp³-hybridized carbons (Fsp3) is 0.480. The summed E-state index contributed by atoms with van der Waals surface area (Å²) < 4.78 is 0. The van der Waals surface area contributed by atoms with E-state index in [2.05, 4.69) is 64.8 Å². The van der Waals surface area contributed by atoms with Crippen LogP contribution in [0, 0.1) is 13.8 Å². The zero-order chi connectivity index (χ0) is 22.7. The van der Waals surface area contributed by atoms with E-state index in [-0.39, 0.29) is 11.9 Å². The van der Waals surface area contributed by atoms with Crippen LogP contribution in [-0.2, 0) is 0 Å². The van der Waals surface area contributed by atoms with Crippen molar-refractivity contribution in [3.05, 3.63) is 52.8 Å². The monoisotopic (exact) mass is 434 g/mol. The number of carbonyl (C=O) groups excluding carboxylic acids is 1. The van der Waals surface area contributed by atoms with Gasteiger partial charge in [-0.1, -0.05) is 30.7 Å². The van der Waals surface area contributed by atoms with Gasteiger partial charge in [0.2, 0.25) is 0 Å². The number of rotatable bonds is 7. The Morgan fingerprint density at radius 3 is 2.69 bits per heavy atom. The van der Waals surface area contributed by atoms with Crippen molar-refractivity contribution in [2.24, 2.45) is 0 Å². The molecule has 7 heteroatoms. The summed E-state index contributed by atoms with van der Waals surface area (Å²) in [5.41, 5.74) is 5.82. The van der Waals surface area contributed by atoms with Crippen LogP contribution in [0.3, 0.4) is 0 Å². The van der Waals surface area contributed by atoms with E-state index in [0.717, 1.165) is 43.4 Å². The number of anilines is 1. The Bertz CT molecular complexity index is 1090. The van der Waals surface area contributed by atoms with Gasteiger partial charge in [-0.25, -0.2) is 4.98 Å². The summed E-state index contributed by atoms with van der Waals surface area (Å²) in [5.74, 6) is 0.00589. The lowest BCUT2D eigenvalue weighted by molar-refractivity contribution is 0.0683. The molecule has 1 saturated heterocycles. The Morgan fingerprint density at radius 2 is 2.00 bits per heavy atom. The van der Waals surface area contributed by atoms with Crippen molar-refractivity contribution in [2.45, 2.75) is 59.0 Å². The van der Waals surface area contributed by atoms with Gasteiger partial charge >= 0.3 is 0 Å². The highest BCUT2D eigenvalue weighted by atomic mass is 16.2. The maximum atomic E-state index is 14.0. The summed E-state index contributed by atoms with van der Waals surface area (Å²) >= 11 is 0. The van der Waals surface area contributed by atoms with Crippen LogP contribution < -0.4 is 10.6 Å². The Hall–Kier alpha value is -2.93. The van der Waals surface area contributed by atoms with E-state index >= 15 is 0 Å². The predicted molar refractivity (Wildman–Crippen MR) is 129 cm³/mol. The molecule has 32 heavy (non-hydrogen) atoms. The first-order valence-electron chi connectivity index (χ1n) is 11.7. The molecule has 0 radical (unpaired) electrons. The first-order valence-corrected chi connectivity index (χ1v) is 11.7. The molecule has 3 aromatic rings. The number of H-pyrrole nitrogens is 1. The van der Waals surface area contributed by atoms with Crippen molar-refractivity contribution in [3.8, 4) is 0 Å². The van der Waals surface area contributed by atoms with Crippen LogP contribution in [0.15, 0.2) is 30.6 Å². The van der Waals surface area contributed by atoms with Crippen molar-refractivity contribution >= 4 is 22.6 Å². The molecule has 1 fully saturated rings. The smallest absolute Gasteiger partial charge is 0.258 e. The van der Waals surface area contributed by atoms with Gasteiger partial charge in [0, 0.05) is 18.8 Å². The van der Waals surface area contributed by atoms with Crippen LogP contribution in [0.4, 0.5) is 5.69 Å². The normalized spacial score (nSPS) is 15.6. The van der Waals surface area contributed by atoms with Gasteiger partial charge in [-0.15, -0.1) is 0 Å². The minimum atomic E-state index is 0.00589. The fourth-order valence-corrected chi connectivity index (χ4v) is 4.86. The molecule has 1 unspecified atom stereocenters. The molecule has 1 aliphatic rings. The van der Waals surface area contributed by atoms with E-state index in [0.29, 0.717) is 23.8 Å². The van der Waals surface area contributed by atoms with Crippen LogP contribution >= 0.6 is 0 Å². The second kappa shape index (κ2) is 9.69. The van der Waals surface area contributed by atoms with Crippen molar-refractivity contribution in [2.75, 3.05) is 25.0 Å². The molecule has 7 nitrogen and oxygen atoms in total. The first-order chi connectivity index (χ1) is 15.5. The van der Waals surface area contributed by atoms with E-state index in [1.165, 1.54) is 16.7 Å². The standard InChI is InChI=1S/C25H34N6O/c1-5-22(19-8-7-16(3)13-17(19)4)31(6-2)25(32)21-14-27-24-20(15-28-30-24)23(21)29-18-9-11-26-12-10-18/h7-8,13-15,18,22,26H,5-6,9-12H2,1-4H3,(H2,27,28,29,30). The van der Waals surface area contributed by atoms with Gasteiger partial charge in [0.15, 0.2) is 5.65 Å². The van der Waals surface area contributed by atoms with Gasteiger partial charge in [0.25, 0.3) is 5.91 Å². The van der Waals surface area contributed by atoms with E-state index in [1.807, 2.05) is 11.8 Å². The molecule has 3 N–H and O–H groups in total. The summed E-state index contributed by atoms with van der Waals surface area (Å²) in [6, 6.07) is 6.83. The third kappa shape index (κ3) is 4.35. The molecule has 1 amide bonds. The van der Waals surface area contributed by atoms with E-state index in [1.54, 1.807) is 12.4 Å². The molecule has 0 bridgehead atoms. The molecule has 3 heterocycles. The van der Waals surface area contributed by atoms with Crippen molar-refractivity contribution < 1.29 is 4.79 Å². The molecule has 0 aliphatic carbocycles. The number of aryl methyl sites for hydroxylation is 2. The van der Waals surface area contributed by atoms with Crippen LogP contribution in [0.1, 0.15) is 66.2 Å². The van der Waals surface area contributed by atoms with Crippen LogP contribution in [0.2, 0.25) is 0 Å². The van der Waals surface area contributed by atoms with Crippen molar-refractivity contribution in [3.63, 3.8) is 0 Å². The molecular weight excluding hydrogens is 400 g/mol.